The molecule has 20 heavy (non-hydrogen) atoms. The van der Waals surface area contributed by atoms with Gasteiger partial charge in [0.1, 0.15) is 6.33 Å². The third kappa shape index (κ3) is 1.91. The number of hydrogen-bond donors (Lipinski definition) is 0. The molecule has 5 nitrogen and oxygen atoms in total. The van der Waals surface area contributed by atoms with Crippen LogP contribution in [0.1, 0.15) is 24.8 Å². The van der Waals surface area contributed by atoms with E-state index in [0.717, 1.165) is 24.8 Å². The van der Waals surface area contributed by atoms with Crippen molar-refractivity contribution in [2.45, 2.75) is 29.8 Å². The molecule has 1 fully saturated rings. The Hall–Kier alpha value is -1.82. The Morgan fingerprint density at radius 2 is 2.10 bits per heavy atom. The molecule has 2 aromatic rings. The van der Waals surface area contributed by atoms with Crippen LogP contribution in [0.15, 0.2) is 37.2 Å². The molecule has 0 spiro atoms. The number of allylic oxidation sites excluding steroid dienone is 1. The van der Waals surface area contributed by atoms with Crippen molar-refractivity contribution in [3.8, 4) is 5.95 Å². The molecule has 0 amide bonds. The molecule has 3 atom stereocenters. The van der Waals surface area contributed by atoms with E-state index in [0.29, 0.717) is 11.2 Å². The van der Waals surface area contributed by atoms with Gasteiger partial charge in [0.25, 0.3) is 0 Å². The van der Waals surface area contributed by atoms with E-state index >= 15 is 0 Å². The maximum Gasteiger partial charge on any atom is 0.234 e. The molecular weight excluding hydrogens is 272 g/mol. The van der Waals surface area contributed by atoms with Crippen LogP contribution in [0.3, 0.4) is 0 Å². The van der Waals surface area contributed by atoms with Gasteiger partial charge in [0.15, 0.2) is 0 Å². The molecule has 3 unspecified atom stereocenters. The minimum absolute atomic E-state index is 0.233. The zero-order chi connectivity index (χ0) is 13.5. The van der Waals surface area contributed by atoms with Crippen molar-refractivity contribution in [2.24, 2.45) is 0 Å². The summed E-state index contributed by atoms with van der Waals surface area (Å²) in [6, 6.07) is 0. The quantitative estimate of drug-likeness (QED) is 0.843. The first-order valence-corrected chi connectivity index (χ1v) is 8.00. The minimum Gasteiger partial charge on any atom is -0.274 e. The van der Waals surface area contributed by atoms with E-state index < -0.39 is 10.8 Å². The molecule has 0 aromatic carbocycles. The molecule has 1 saturated heterocycles. The van der Waals surface area contributed by atoms with Crippen molar-refractivity contribution in [1.29, 1.82) is 0 Å². The Labute approximate surface area is 119 Å². The molecule has 0 saturated carbocycles. The molecule has 0 N–H and O–H groups in total. The zero-order valence-corrected chi connectivity index (χ0v) is 11.7. The zero-order valence-electron chi connectivity index (χ0n) is 10.8. The average Bonchev–Trinajstić information content (AvgIpc) is 3.06. The summed E-state index contributed by atoms with van der Waals surface area (Å²) in [6.45, 7) is 0. The van der Waals surface area contributed by atoms with E-state index in [-0.39, 0.29) is 5.25 Å². The summed E-state index contributed by atoms with van der Waals surface area (Å²) in [4.78, 5) is 12.7. The van der Waals surface area contributed by atoms with E-state index in [2.05, 4.69) is 21.0 Å². The largest absolute Gasteiger partial charge is 0.274 e. The molecule has 2 aromatic heterocycles. The highest BCUT2D eigenvalue weighted by Crippen LogP contribution is 2.38. The molecule has 2 aliphatic rings. The van der Waals surface area contributed by atoms with Gasteiger partial charge in [-0.25, -0.2) is 15.0 Å². The monoisotopic (exact) mass is 286 g/mol. The molecule has 4 rings (SSSR count). The third-order valence-electron chi connectivity index (χ3n) is 3.98. The first-order chi connectivity index (χ1) is 9.81. The van der Waals surface area contributed by atoms with Crippen molar-refractivity contribution >= 4 is 16.4 Å². The summed E-state index contributed by atoms with van der Waals surface area (Å²) in [5.74, 6) is 0.620. The second-order valence-electron chi connectivity index (χ2n) is 5.20. The smallest absolute Gasteiger partial charge is 0.234 e. The van der Waals surface area contributed by atoms with Crippen LogP contribution in [0, 0.1) is 0 Å². The predicted molar refractivity (Wildman–Crippen MR) is 76.7 cm³/mol. The van der Waals surface area contributed by atoms with Crippen LogP contribution in [0.25, 0.3) is 11.5 Å². The van der Waals surface area contributed by atoms with Crippen LogP contribution in [-0.2, 0) is 10.8 Å². The maximum atomic E-state index is 12.0. The number of nitrogens with zero attached hydrogens (tertiary/aromatic N) is 4. The number of fused-ring (bicyclic) bond motifs is 2. The second-order valence-corrected chi connectivity index (χ2v) is 7.13. The summed E-state index contributed by atoms with van der Waals surface area (Å²) in [6.07, 6.45) is 14.1. The fraction of sp³-hybridized carbons (Fsp3) is 0.357. The fourth-order valence-corrected chi connectivity index (χ4v) is 4.79. The summed E-state index contributed by atoms with van der Waals surface area (Å²) in [5, 5.41) is 0.561. The summed E-state index contributed by atoms with van der Waals surface area (Å²) >= 11 is 0. The molecule has 2 aliphatic heterocycles. The van der Waals surface area contributed by atoms with E-state index in [1.807, 2.05) is 18.6 Å². The first kappa shape index (κ1) is 12.0. The lowest BCUT2D eigenvalue weighted by atomic mass is 10.0. The SMILES string of the molecule is O=S1C2C=C(c3cnc(-n4ccnc4)nc3)CC1CC2. The molecule has 4 heterocycles. The van der Waals surface area contributed by atoms with Gasteiger partial charge in [-0.05, 0) is 24.8 Å². The van der Waals surface area contributed by atoms with E-state index in [4.69, 9.17) is 0 Å². The van der Waals surface area contributed by atoms with Crippen LogP contribution in [0.2, 0.25) is 0 Å². The summed E-state index contributed by atoms with van der Waals surface area (Å²) < 4.78 is 13.8. The Kier molecular flexibility index (Phi) is 2.77. The molecule has 102 valence electrons. The Balaban J connectivity index is 1.64. The van der Waals surface area contributed by atoms with Gasteiger partial charge in [-0.2, -0.15) is 0 Å². The fourth-order valence-electron chi connectivity index (χ4n) is 2.91. The standard InChI is InChI=1S/C14H14N4OS/c19-20-12-1-2-13(20)6-10(5-12)11-7-16-14(17-8-11)18-4-3-15-9-18/h3-5,7-9,12-13H,1-2,6H2. The maximum absolute atomic E-state index is 12.0. The van der Waals surface area contributed by atoms with E-state index in [1.54, 1.807) is 17.1 Å². The van der Waals surface area contributed by atoms with Crippen LogP contribution in [0.4, 0.5) is 0 Å². The topological polar surface area (TPSA) is 60.7 Å². The van der Waals surface area contributed by atoms with Gasteiger partial charge in [-0.15, -0.1) is 0 Å². The van der Waals surface area contributed by atoms with Gasteiger partial charge in [-0.1, -0.05) is 6.08 Å². The Morgan fingerprint density at radius 3 is 2.80 bits per heavy atom. The van der Waals surface area contributed by atoms with E-state index in [9.17, 15) is 4.21 Å². The Bertz CT molecular complexity index is 678. The van der Waals surface area contributed by atoms with Crippen molar-refractivity contribution < 1.29 is 4.21 Å². The minimum atomic E-state index is -0.671. The number of aromatic nitrogens is 4. The highest BCUT2D eigenvalue weighted by molar-refractivity contribution is 7.86. The second kappa shape index (κ2) is 4.63. The normalized spacial score (nSPS) is 28.4. The molecule has 0 aliphatic carbocycles. The lowest BCUT2D eigenvalue weighted by molar-refractivity contribution is 0.674. The lowest BCUT2D eigenvalue weighted by Gasteiger charge is -2.19. The summed E-state index contributed by atoms with van der Waals surface area (Å²) in [7, 11) is -0.671. The van der Waals surface area contributed by atoms with Crippen molar-refractivity contribution in [2.75, 3.05) is 0 Å². The van der Waals surface area contributed by atoms with Gasteiger partial charge in [0.2, 0.25) is 5.95 Å². The molecular formula is C14H14N4OS. The summed E-state index contributed by atoms with van der Waals surface area (Å²) in [5.41, 5.74) is 2.29. The van der Waals surface area contributed by atoms with Gasteiger partial charge in [-0.3, -0.25) is 8.78 Å². The Morgan fingerprint density at radius 1 is 1.25 bits per heavy atom. The third-order valence-corrected chi connectivity index (χ3v) is 6.01. The van der Waals surface area contributed by atoms with Gasteiger partial charge in [0, 0.05) is 46.4 Å². The van der Waals surface area contributed by atoms with Crippen molar-refractivity contribution in [3.05, 3.63) is 42.8 Å². The number of rotatable bonds is 2. The highest BCUT2D eigenvalue weighted by Gasteiger charge is 2.36. The van der Waals surface area contributed by atoms with Gasteiger partial charge >= 0.3 is 0 Å². The molecule has 2 bridgehead atoms. The number of imidazole rings is 1. The lowest BCUT2D eigenvalue weighted by Crippen LogP contribution is -2.19. The van der Waals surface area contributed by atoms with Crippen LogP contribution >= 0.6 is 0 Å². The van der Waals surface area contributed by atoms with Crippen LogP contribution in [0.5, 0.6) is 0 Å². The molecule has 6 heteroatoms. The highest BCUT2D eigenvalue weighted by atomic mass is 32.2. The molecule has 0 radical (unpaired) electrons. The number of hydrogen-bond acceptors (Lipinski definition) is 4. The van der Waals surface area contributed by atoms with Crippen LogP contribution in [-0.4, -0.2) is 34.2 Å². The average molecular weight is 286 g/mol. The van der Waals surface area contributed by atoms with E-state index in [1.165, 1.54) is 5.57 Å². The van der Waals surface area contributed by atoms with Crippen molar-refractivity contribution in [3.63, 3.8) is 0 Å². The van der Waals surface area contributed by atoms with Gasteiger partial charge < -0.3 is 0 Å². The van der Waals surface area contributed by atoms with Gasteiger partial charge in [0.05, 0.1) is 5.25 Å². The van der Waals surface area contributed by atoms with Crippen molar-refractivity contribution in [1.82, 2.24) is 19.5 Å². The first-order valence-electron chi connectivity index (χ1n) is 6.72. The van der Waals surface area contributed by atoms with Crippen LogP contribution < -0.4 is 0 Å². The predicted octanol–water partition coefficient (Wildman–Crippen LogP) is 1.73.